The molecule has 1 saturated heterocycles. The van der Waals surface area contributed by atoms with E-state index in [1.165, 1.54) is 30.6 Å². The molecule has 2 atom stereocenters. The second-order valence-electron chi connectivity index (χ2n) is 10.7. The van der Waals surface area contributed by atoms with E-state index in [1.807, 2.05) is 24.8 Å². The third-order valence-corrected chi connectivity index (χ3v) is 8.19. The van der Waals surface area contributed by atoms with Gasteiger partial charge in [0.2, 0.25) is 0 Å². The van der Waals surface area contributed by atoms with Crippen molar-refractivity contribution in [3.8, 4) is 10.4 Å². The third kappa shape index (κ3) is 5.83. The van der Waals surface area contributed by atoms with Crippen molar-refractivity contribution in [3.63, 3.8) is 0 Å². The van der Waals surface area contributed by atoms with Crippen molar-refractivity contribution in [2.75, 3.05) is 18.4 Å². The van der Waals surface area contributed by atoms with Crippen LogP contribution in [0.4, 0.5) is 5.82 Å². The molecule has 0 bridgehead atoms. The van der Waals surface area contributed by atoms with Gasteiger partial charge < -0.3 is 20.6 Å². The van der Waals surface area contributed by atoms with Crippen LogP contribution in [0.15, 0.2) is 12.3 Å². The van der Waals surface area contributed by atoms with E-state index in [4.69, 9.17) is 0 Å². The molecule has 4 rings (SSSR count). The molecule has 9 heteroatoms. The highest BCUT2D eigenvalue weighted by Crippen LogP contribution is 2.36. The fourth-order valence-electron chi connectivity index (χ4n) is 4.65. The minimum atomic E-state index is -1.04. The van der Waals surface area contributed by atoms with Crippen molar-refractivity contribution < 1.29 is 14.7 Å². The zero-order chi connectivity index (χ0) is 25.3. The fraction of sp³-hybridized carbons (Fsp3) is 0.615. The van der Waals surface area contributed by atoms with Crippen molar-refractivity contribution in [2.45, 2.75) is 84.4 Å². The monoisotopic (exact) mass is 499 g/mol. The Labute approximate surface area is 211 Å². The van der Waals surface area contributed by atoms with Crippen LogP contribution in [0.1, 0.15) is 85.7 Å². The summed E-state index contributed by atoms with van der Waals surface area (Å²) in [6.45, 7) is 10.3. The van der Waals surface area contributed by atoms with Gasteiger partial charge in [0.15, 0.2) is 5.01 Å². The number of carbonyl (C=O) groups is 2. The van der Waals surface area contributed by atoms with Crippen LogP contribution in [-0.4, -0.2) is 62.6 Å². The number of likely N-dealkylation sites (tertiary alicyclic amines) is 1. The SMILES string of the molecule is Cc1cc(N[C@@H](C)C2CCC2)ncc1-c1sc(C(=O)NCC(C)(C)O)nc1C(=O)N1CCC[C@@H]1C. The van der Waals surface area contributed by atoms with E-state index in [1.54, 1.807) is 20.0 Å². The van der Waals surface area contributed by atoms with Gasteiger partial charge >= 0.3 is 0 Å². The van der Waals surface area contributed by atoms with Crippen LogP contribution >= 0.6 is 11.3 Å². The molecular formula is C26H37N5O3S. The topological polar surface area (TPSA) is 107 Å². The third-order valence-electron chi connectivity index (χ3n) is 7.11. The number of amides is 2. The summed E-state index contributed by atoms with van der Waals surface area (Å²) in [6.07, 6.45) is 7.51. The zero-order valence-electron chi connectivity index (χ0n) is 21.4. The van der Waals surface area contributed by atoms with Gasteiger partial charge in [0.1, 0.15) is 11.5 Å². The van der Waals surface area contributed by atoms with Crippen molar-refractivity contribution in [1.29, 1.82) is 0 Å². The van der Waals surface area contributed by atoms with Gasteiger partial charge in [-0.1, -0.05) is 6.42 Å². The number of hydrogen-bond donors (Lipinski definition) is 3. The average Bonchev–Trinajstić information content (AvgIpc) is 3.36. The van der Waals surface area contributed by atoms with Gasteiger partial charge in [0.25, 0.3) is 11.8 Å². The van der Waals surface area contributed by atoms with Gasteiger partial charge in [-0.25, -0.2) is 9.97 Å². The molecule has 2 aromatic rings. The van der Waals surface area contributed by atoms with E-state index in [0.717, 1.165) is 29.8 Å². The number of carbonyl (C=O) groups excluding carboxylic acids is 2. The van der Waals surface area contributed by atoms with E-state index in [9.17, 15) is 14.7 Å². The predicted molar refractivity (Wildman–Crippen MR) is 139 cm³/mol. The second-order valence-corrected chi connectivity index (χ2v) is 11.7. The summed E-state index contributed by atoms with van der Waals surface area (Å²) >= 11 is 1.20. The van der Waals surface area contributed by atoms with E-state index in [2.05, 4.69) is 27.5 Å². The molecule has 0 radical (unpaired) electrons. The number of aliphatic hydroxyl groups is 1. The number of aromatic nitrogens is 2. The molecule has 1 aliphatic carbocycles. The van der Waals surface area contributed by atoms with Crippen molar-refractivity contribution in [2.24, 2.45) is 5.92 Å². The molecule has 3 N–H and O–H groups in total. The lowest BCUT2D eigenvalue weighted by Crippen LogP contribution is -2.38. The Balaban J connectivity index is 1.64. The maximum Gasteiger partial charge on any atom is 0.280 e. The molecule has 1 aliphatic heterocycles. The number of rotatable bonds is 8. The Morgan fingerprint density at radius 1 is 1.29 bits per heavy atom. The standard InChI is InChI=1S/C26H37N5O3S/c1-15-12-20(29-17(3)18-9-6-10-18)27-13-19(15)22-21(25(33)31-11-7-8-16(31)2)30-24(35-22)23(32)28-14-26(4,5)34/h12-13,16-18,34H,6-11,14H2,1-5H3,(H,27,29)(H,28,32)/t16-,17-/m0/s1. The first-order chi connectivity index (χ1) is 16.5. The number of nitrogens with one attached hydrogen (secondary N) is 2. The molecule has 2 amide bonds. The molecule has 1 saturated carbocycles. The predicted octanol–water partition coefficient (Wildman–Crippen LogP) is 4.24. The van der Waals surface area contributed by atoms with Crippen LogP contribution in [0.2, 0.25) is 0 Å². The summed E-state index contributed by atoms with van der Waals surface area (Å²) in [5.74, 6) is 0.961. The molecule has 190 valence electrons. The van der Waals surface area contributed by atoms with Crippen molar-refractivity contribution >= 4 is 29.0 Å². The Bertz CT molecular complexity index is 1090. The lowest BCUT2D eigenvalue weighted by atomic mass is 9.80. The van der Waals surface area contributed by atoms with Gasteiger partial charge in [0, 0.05) is 36.9 Å². The quantitative estimate of drug-likeness (QED) is 0.502. The number of nitrogens with zero attached hydrogens (tertiary/aromatic N) is 3. The Morgan fingerprint density at radius 2 is 2.03 bits per heavy atom. The van der Waals surface area contributed by atoms with Gasteiger partial charge in [-0.15, -0.1) is 11.3 Å². The molecule has 2 aliphatic rings. The second kappa shape index (κ2) is 10.2. The lowest BCUT2D eigenvalue weighted by Gasteiger charge is -2.32. The fourth-order valence-corrected chi connectivity index (χ4v) is 5.70. The number of hydrogen-bond acceptors (Lipinski definition) is 7. The highest BCUT2D eigenvalue weighted by atomic mass is 32.1. The van der Waals surface area contributed by atoms with E-state index < -0.39 is 11.5 Å². The largest absolute Gasteiger partial charge is 0.389 e. The van der Waals surface area contributed by atoms with E-state index in [-0.39, 0.29) is 23.5 Å². The van der Waals surface area contributed by atoms with Crippen LogP contribution in [0.25, 0.3) is 10.4 Å². The molecular weight excluding hydrogens is 462 g/mol. The Kier molecular flexibility index (Phi) is 7.47. The summed E-state index contributed by atoms with van der Waals surface area (Å²) in [7, 11) is 0. The molecule has 8 nitrogen and oxygen atoms in total. The number of anilines is 1. The van der Waals surface area contributed by atoms with Crippen LogP contribution in [0.5, 0.6) is 0 Å². The van der Waals surface area contributed by atoms with Gasteiger partial charge in [-0.05, 0) is 77.8 Å². The van der Waals surface area contributed by atoms with Gasteiger partial charge in [0.05, 0.1) is 10.5 Å². The molecule has 3 heterocycles. The number of pyridine rings is 1. The molecule has 35 heavy (non-hydrogen) atoms. The summed E-state index contributed by atoms with van der Waals surface area (Å²) in [6, 6.07) is 2.51. The van der Waals surface area contributed by atoms with Crippen LogP contribution < -0.4 is 10.6 Å². The minimum Gasteiger partial charge on any atom is -0.389 e. The summed E-state index contributed by atoms with van der Waals surface area (Å²) in [5.41, 5.74) is 1.03. The van der Waals surface area contributed by atoms with Crippen LogP contribution in [0, 0.1) is 12.8 Å². The van der Waals surface area contributed by atoms with Gasteiger partial charge in [-0.3, -0.25) is 9.59 Å². The molecule has 0 spiro atoms. The average molecular weight is 500 g/mol. The first-order valence-corrected chi connectivity index (χ1v) is 13.4. The first-order valence-electron chi connectivity index (χ1n) is 12.6. The Hall–Kier alpha value is -2.52. The maximum absolute atomic E-state index is 13.5. The number of thiazole rings is 1. The van der Waals surface area contributed by atoms with Gasteiger partial charge in [-0.2, -0.15) is 0 Å². The summed E-state index contributed by atoms with van der Waals surface area (Å²) in [4.78, 5) is 38.0. The smallest absolute Gasteiger partial charge is 0.280 e. The summed E-state index contributed by atoms with van der Waals surface area (Å²) in [5, 5.41) is 16.4. The zero-order valence-corrected chi connectivity index (χ0v) is 22.2. The lowest BCUT2D eigenvalue weighted by molar-refractivity contribution is 0.0692. The summed E-state index contributed by atoms with van der Waals surface area (Å²) < 4.78 is 0. The maximum atomic E-state index is 13.5. The van der Waals surface area contributed by atoms with Crippen molar-refractivity contribution in [3.05, 3.63) is 28.5 Å². The first kappa shape index (κ1) is 25.6. The van der Waals surface area contributed by atoms with E-state index in [0.29, 0.717) is 29.1 Å². The molecule has 2 fully saturated rings. The highest BCUT2D eigenvalue weighted by Gasteiger charge is 2.32. The minimum absolute atomic E-state index is 0.0906. The van der Waals surface area contributed by atoms with Crippen LogP contribution in [0.3, 0.4) is 0 Å². The van der Waals surface area contributed by atoms with Crippen molar-refractivity contribution in [1.82, 2.24) is 20.2 Å². The van der Waals surface area contributed by atoms with E-state index >= 15 is 0 Å². The normalized spacial score (nSPS) is 19.4. The van der Waals surface area contributed by atoms with Crippen LogP contribution in [-0.2, 0) is 0 Å². The molecule has 0 unspecified atom stereocenters. The molecule has 0 aromatic carbocycles. The Morgan fingerprint density at radius 3 is 2.60 bits per heavy atom. The number of aryl methyl sites for hydroxylation is 1. The highest BCUT2D eigenvalue weighted by molar-refractivity contribution is 7.17. The molecule has 2 aromatic heterocycles.